The zero-order chi connectivity index (χ0) is 32.0. The van der Waals surface area contributed by atoms with Gasteiger partial charge in [-0.2, -0.15) is 22.7 Å². The summed E-state index contributed by atoms with van der Waals surface area (Å²) in [4.78, 5) is 1.98. The number of methoxy groups -OCH3 is 1. The van der Waals surface area contributed by atoms with E-state index < -0.39 is 26.0 Å². The first kappa shape index (κ1) is 32.4. The highest BCUT2D eigenvalue weighted by atomic mass is 32.2. The van der Waals surface area contributed by atoms with Gasteiger partial charge in [0.25, 0.3) is 10.1 Å². The highest BCUT2D eigenvalue weighted by Gasteiger charge is 2.29. The summed E-state index contributed by atoms with van der Waals surface area (Å²) in [6.45, 7) is 2.48. The predicted octanol–water partition coefficient (Wildman–Crippen LogP) is 4.20. The number of aryl methyl sites for hydroxylation is 1. The van der Waals surface area contributed by atoms with Gasteiger partial charge in [0.1, 0.15) is 15.9 Å². The average Bonchev–Trinajstić information content (AvgIpc) is 3.37. The van der Waals surface area contributed by atoms with Crippen molar-refractivity contribution in [1.82, 2.24) is 5.48 Å². The lowest BCUT2D eigenvalue weighted by Gasteiger charge is -2.19. The third kappa shape index (κ3) is 8.18. The molecule has 13 heteroatoms. The van der Waals surface area contributed by atoms with Crippen molar-refractivity contribution in [3.05, 3.63) is 90.4 Å². The molecule has 0 radical (unpaired) electrons. The third-order valence-electron chi connectivity index (χ3n) is 7.30. The Morgan fingerprint density at radius 1 is 0.933 bits per heavy atom. The fourth-order valence-corrected chi connectivity index (χ4v) is 6.48. The summed E-state index contributed by atoms with van der Waals surface area (Å²) >= 11 is 0. The molecule has 5 rings (SSSR count). The first-order valence-electron chi connectivity index (χ1n) is 14.5. The number of rotatable bonds is 14. The molecule has 1 aliphatic rings. The van der Waals surface area contributed by atoms with Gasteiger partial charge < -0.3 is 18.9 Å². The Hall–Kier alpha value is -4.01. The Kier molecular flexibility index (Phi) is 10.0. The minimum Gasteiger partial charge on any atom is -0.748 e. The van der Waals surface area contributed by atoms with Crippen LogP contribution < -0.4 is 24.4 Å². The lowest BCUT2D eigenvalue weighted by atomic mass is 10.0. The van der Waals surface area contributed by atoms with E-state index >= 15 is 0 Å². The number of nitrogens with zero attached hydrogens (tertiary/aromatic N) is 2. The van der Waals surface area contributed by atoms with Gasteiger partial charge in [0.15, 0.2) is 12.3 Å². The lowest BCUT2D eigenvalue weighted by Crippen LogP contribution is -2.41. The molecule has 4 aromatic rings. The van der Waals surface area contributed by atoms with E-state index in [-0.39, 0.29) is 12.3 Å². The molecule has 238 valence electrons. The van der Waals surface area contributed by atoms with E-state index in [1.54, 1.807) is 30.7 Å². The number of unbranched alkanes of at least 4 members (excludes halogenated alkanes) is 1. The van der Waals surface area contributed by atoms with Gasteiger partial charge in [-0.1, -0.05) is 43.3 Å². The van der Waals surface area contributed by atoms with E-state index in [0.717, 1.165) is 22.2 Å². The first-order chi connectivity index (χ1) is 21.6. The van der Waals surface area contributed by atoms with Gasteiger partial charge in [0.05, 0.1) is 35.8 Å². The smallest absolute Gasteiger partial charge is 0.283 e. The van der Waals surface area contributed by atoms with E-state index in [9.17, 15) is 21.4 Å². The van der Waals surface area contributed by atoms with Crippen LogP contribution >= 0.6 is 0 Å². The van der Waals surface area contributed by atoms with Crippen LogP contribution in [0.4, 0.5) is 5.69 Å². The summed E-state index contributed by atoms with van der Waals surface area (Å²) in [5.74, 6) is 1.01. The number of hydrogen-bond acceptors (Lipinski definition) is 10. The summed E-state index contributed by atoms with van der Waals surface area (Å²) in [5, 5.41) is 0.806. The quantitative estimate of drug-likeness (QED) is 0.0912. The minimum absolute atomic E-state index is 0.0661. The van der Waals surface area contributed by atoms with Crippen LogP contribution in [0.15, 0.2) is 84.7 Å². The number of pyridine rings is 1. The largest absolute Gasteiger partial charge is 0.748 e. The van der Waals surface area contributed by atoms with E-state index in [4.69, 9.17) is 13.8 Å². The van der Waals surface area contributed by atoms with Gasteiger partial charge >= 0.3 is 0 Å². The summed E-state index contributed by atoms with van der Waals surface area (Å²) < 4.78 is 77.5. The second-order valence-electron chi connectivity index (χ2n) is 10.4. The number of nitrogens with one attached hydrogen (secondary N) is 1. The van der Waals surface area contributed by atoms with E-state index in [2.05, 4.69) is 5.48 Å². The first-order valence-corrected chi connectivity index (χ1v) is 17.7. The van der Waals surface area contributed by atoms with Crippen LogP contribution in [0, 0.1) is 0 Å². The molecule has 1 aliphatic heterocycles. The van der Waals surface area contributed by atoms with Crippen molar-refractivity contribution in [3.63, 3.8) is 0 Å². The predicted molar refractivity (Wildman–Crippen MR) is 171 cm³/mol. The molecular formula is C32H35N3O8S2. The molecule has 0 saturated carbocycles. The number of ether oxygens (including phenoxy) is 2. The molecular weight excluding hydrogens is 618 g/mol. The molecule has 0 unspecified atom stereocenters. The van der Waals surface area contributed by atoms with Gasteiger partial charge in [-0.3, -0.25) is 0 Å². The second-order valence-corrected chi connectivity index (χ2v) is 13.6. The lowest BCUT2D eigenvalue weighted by molar-refractivity contribution is -0.668. The Morgan fingerprint density at radius 3 is 2.47 bits per heavy atom. The van der Waals surface area contributed by atoms with Crippen molar-refractivity contribution in [1.29, 1.82) is 0 Å². The van der Waals surface area contributed by atoms with Crippen molar-refractivity contribution >= 4 is 42.9 Å². The van der Waals surface area contributed by atoms with E-state index in [1.165, 1.54) is 0 Å². The number of aromatic nitrogens is 1. The molecule has 1 aromatic heterocycles. The molecule has 0 saturated heterocycles. The highest BCUT2D eigenvalue weighted by molar-refractivity contribution is 7.86. The molecule has 0 atom stereocenters. The van der Waals surface area contributed by atoms with Crippen LogP contribution in [-0.4, -0.2) is 53.1 Å². The Labute approximate surface area is 263 Å². The molecule has 1 N–H and O–H groups in total. The maximum absolute atomic E-state index is 12.2. The van der Waals surface area contributed by atoms with Crippen molar-refractivity contribution in [2.75, 3.05) is 36.6 Å². The molecule has 0 amide bonds. The van der Waals surface area contributed by atoms with Crippen molar-refractivity contribution in [2.24, 2.45) is 0 Å². The third-order valence-corrected chi connectivity index (χ3v) is 9.14. The Balaban J connectivity index is 1.52. The van der Waals surface area contributed by atoms with Crippen molar-refractivity contribution < 1.29 is 39.7 Å². The fourth-order valence-electron chi connectivity index (χ4n) is 5.14. The number of hydroxylamine groups is 1. The van der Waals surface area contributed by atoms with Crippen LogP contribution in [0.1, 0.15) is 25.5 Å². The summed E-state index contributed by atoms with van der Waals surface area (Å²) in [7, 11) is -6.64. The summed E-state index contributed by atoms with van der Waals surface area (Å²) in [5.41, 5.74) is 6.56. The zero-order valence-electron chi connectivity index (χ0n) is 25.0. The Bertz CT molecular complexity index is 1910. The molecule has 45 heavy (non-hydrogen) atoms. The molecule has 0 bridgehead atoms. The van der Waals surface area contributed by atoms with Crippen LogP contribution in [0.2, 0.25) is 0 Å². The highest BCUT2D eigenvalue weighted by Crippen LogP contribution is 2.42. The van der Waals surface area contributed by atoms with Crippen LogP contribution in [0.25, 0.3) is 28.1 Å². The van der Waals surface area contributed by atoms with E-state index in [0.29, 0.717) is 54.5 Å². The second kappa shape index (κ2) is 14.0. The Morgan fingerprint density at radius 2 is 1.73 bits per heavy atom. The number of anilines is 1. The van der Waals surface area contributed by atoms with Crippen LogP contribution in [0.5, 0.6) is 11.5 Å². The molecule has 0 spiro atoms. The van der Waals surface area contributed by atoms with Gasteiger partial charge in [-0.15, -0.1) is 0 Å². The monoisotopic (exact) mass is 653 g/mol. The van der Waals surface area contributed by atoms with Gasteiger partial charge in [-0.25, -0.2) is 8.42 Å². The molecule has 0 fully saturated rings. The fraction of sp³-hybridized carbons (Fsp3) is 0.281. The minimum atomic E-state index is -4.49. The number of fused-ring (bicyclic) bond motifs is 2. The maximum atomic E-state index is 12.2. The van der Waals surface area contributed by atoms with Crippen LogP contribution in [0.3, 0.4) is 0 Å². The molecule has 0 aliphatic carbocycles. The van der Waals surface area contributed by atoms with Crippen LogP contribution in [-0.2, 0) is 31.1 Å². The molecule has 11 nitrogen and oxygen atoms in total. The van der Waals surface area contributed by atoms with Gasteiger partial charge in [-0.05, 0) is 54.3 Å². The normalized spacial score (nSPS) is 14.1. The van der Waals surface area contributed by atoms with Crippen molar-refractivity contribution in [2.45, 2.75) is 26.3 Å². The topological polar surface area (TPSA) is 138 Å². The van der Waals surface area contributed by atoms with Gasteiger partial charge in [0, 0.05) is 25.2 Å². The standard InChI is InChI=1S/C32H35N3O8S2/c1-3-33-43-45(39,40)19-8-7-17-35-30-22-25(24-9-5-4-6-10-24)12-16-31(30)42-32(35)23-27-13-11-26-21-28(41-2)14-15-29(26)34(27)18-20-44(36,37)38/h4-6,9-16,21-23,33H,3,7-8,17-20H2,1-2H3. The maximum Gasteiger partial charge on any atom is 0.283 e. The van der Waals surface area contributed by atoms with Gasteiger partial charge in [0.2, 0.25) is 17.1 Å². The van der Waals surface area contributed by atoms with Crippen molar-refractivity contribution in [3.8, 4) is 22.6 Å². The number of benzene rings is 3. The summed E-state index contributed by atoms with van der Waals surface area (Å²) in [6.07, 6.45) is 2.66. The molecule has 2 heterocycles. The molecule has 3 aromatic carbocycles. The summed E-state index contributed by atoms with van der Waals surface area (Å²) in [6, 6.07) is 25.0. The zero-order valence-corrected chi connectivity index (χ0v) is 26.6. The average molecular weight is 654 g/mol. The number of hydrogen-bond donors (Lipinski definition) is 1. The SMILES string of the molecule is CCNOS(=O)(=O)CCCCN1/C(=C/c2ccc3cc(OC)ccc3[n+]2CCS(=O)(=O)[O-])Oc2ccc(-c3ccccc3)cc21. The van der Waals surface area contributed by atoms with E-state index in [1.807, 2.05) is 77.7 Å².